The van der Waals surface area contributed by atoms with Gasteiger partial charge >= 0.3 is 12.2 Å². The fraction of sp³-hybridized carbons (Fsp3) is 0.556. The number of urea groups is 1. The highest BCUT2D eigenvalue weighted by molar-refractivity contribution is 8.00. The van der Waals surface area contributed by atoms with Crippen LogP contribution in [-0.2, 0) is 6.18 Å². The monoisotopic (exact) mass is 401 g/mol. The minimum atomic E-state index is -4.42. The summed E-state index contributed by atoms with van der Waals surface area (Å²) in [6.07, 6.45) is -3.11. The number of hydrogen-bond donors (Lipinski definition) is 1. The van der Waals surface area contributed by atoms with Gasteiger partial charge in [0.1, 0.15) is 0 Å². The van der Waals surface area contributed by atoms with Crippen molar-refractivity contribution in [2.75, 3.05) is 31.9 Å². The molecule has 0 saturated carbocycles. The SMILES string of the molecule is CCNC(=O)N1CCC2(CC1)SCCN2C(=O)c1ccc(C(F)(F)F)cc1. The molecule has 2 heterocycles. The highest BCUT2D eigenvalue weighted by Gasteiger charge is 2.47. The van der Waals surface area contributed by atoms with Crippen molar-refractivity contribution in [1.82, 2.24) is 15.1 Å². The lowest BCUT2D eigenvalue weighted by Gasteiger charge is -2.44. The van der Waals surface area contributed by atoms with Crippen LogP contribution in [0.3, 0.4) is 0 Å². The number of carbonyl (C=O) groups excluding carboxylic acids is 2. The summed E-state index contributed by atoms with van der Waals surface area (Å²) in [5, 5.41) is 2.78. The quantitative estimate of drug-likeness (QED) is 0.826. The van der Waals surface area contributed by atoms with Crippen LogP contribution in [0.5, 0.6) is 0 Å². The average molecular weight is 401 g/mol. The second kappa shape index (κ2) is 7.61. The minimum absolute atomic E-state index is 0.101. The van der Waals surface area contributed by atoms with Crippen molar-refractivity contribution in [2.45, 2.75) is 30.8 Å². The molecule has 0 atom stereocenters. The second-order valence-electron chi connectivity index (χ2n) is 6.65. The molecule has 1 spiro atoms. The number of thioether (sulfide) groups is 1. The van der Waals surface area contributed by atoms with Crippen LogP contribution in [-0.4, -0.2) is 58.5 Å². The van der Waals surface area contributed by atoms with Crippen LogP contribution in [0.1, 0.15) is 35.7 Å². The van der Waals surface area contributed by atoms with E-state index >= 15 is 0 Å². The summed E-state index contributed by atoms with van der Waals surface area (Å²) in [7, 11) is 0. The molecular formula is C18H22F3N3O2S. The first kappa shape index (κ1) is 19.9. The van der Waals surface area contributed by atoms with Gasteiger partial charge in [-0.15, -0.1) is 11.8 Å². The second-order valence-corrected chi connectivity index (χ2v) is 8.11. The van der Waals surface area contributed by atoms with Crippen molar-refractivity contribution >= 4 is 23.7 Å². The van der Waals surface area contributed by atoms with Gasteiger partial charge in [-0.2, -0.15) is 13.2 Å². The first-order chi connectivity index (χ1) is 12.8. The van der Waals surface area contributed by atoms with Gasteiger partial charge in [-0.25, -0.2) is 4.79 Å². The first-order valence-corrected chi connectivity index (χ1v) is 9.91. The molecule has 2 saturated heterocycles. The fourth-order valence-electron chi connectivity index (χ4n) is 3.59. The van der Waals surface area contributed by atoms with E-state index in [2.05, 4.69) is 5.32 Å². The van der Waals surface area contributed by atoms with Gasteiger partial charge in [-0.05, 0) is 44.0 Å². The average Bonchev–Trinajstić information content (AvgIpc) is 3.04. The molecule has 148 valence electrons. The van der Waals surface area contributed by atoms with Crippen LogP contribution in [0.4, 0.5) is 18.0 Å². The number of halogens is 3. The van der Waals surface area contributed by atoms with Crippen LogP contribution in [0.15, 0.2) is 24.3 Å². The maximum absolute atomic E-state index is 12.9. The normalized spacial score (nSPS) is 19.4. The van der Waals surface area contributed by atoms with Crippen LogP contribution in [0.25, 0.3) is 0 Å². The topological polar surface area (TPSA) is 52.7 Å². The number of nitrogens with one attached hydrogen (secondary N) is 1. The smallest absolute Gasteiger partial charge is 0.338 e. The lowest BCUT2D eigenvalue weighted by Crippen LogP contribution is -2.55. The lowest BCUT2D eigenvalue weighted by atomic mass is 10.0. The maximum Gasteiger partial charge on any atom is 0.416 e. The Balaban J connectivity index is 1.71. The number of benzene rings is 1. The summed E-state index contributed by atoms with van der Waals surface area (Å²) in [6, 6.07) is 4.27. The number of alkyl halides is 3. The Morgan fingerprint density at radius 3 is 2.33 bits per heavy atom. The van der Waals surface area contributed by atoms with Crippen molar-refractivity contribution in [3.63, 3.8) is 0 Å². The zero-order valence-corrected chi connectivity index (χ0v) is 15.8. The molecular weight excluding hydrogens is 379 g/mol. The molecule has 9 heteroatoms. The van der Waals surface area contributed by atoms with E-state index < -0.39 is 11.7 Å². The number of hydrogen-bond acceptors (Lipinski definition) is 3. The Morgan fingerprint density at radius 1 is 1.15 bits per heavy atom. The fourth-order valence-corrected chi connectivity index (χ4v) is 5.04. The molecule has 2 fully saturated rings. The number of nitrogens with zero attached hydrogens (tertiary/aromatic N) is 2. The predicted octanol–water partition coefficient (Wildman–Crippen LogP) is 3.42. The molecule has 2 aliphatic heterocycles. The van der Waals surface area contributed by atoms with Crippen LogP contribution in [0.2, 0.25) is 0 Å². The molecule has 27 heavy (non-hydrogen) atoms. The van der Waals surface area contributed by atoms with Crippen LogP contribution >= 0.6 is 11.8 Å². The van der Waals surface area contributed by atoms with Crippen molar-refractivity contribution < 1.29 is 22.8 Å². The third kappa shape index (κ3) is 4.02. The molecule has 3 rings (SSSR count). The molecule has 0 radical (unpaired) electrons. The third-order valence-electron chi connectivity index (χ3n) is 5.04. The van der Waals surface area contributed by atoms with Gasteiger partial charge in [0, 0.05) is 37.5 Å². The Hall–Kier alpha value is -1.90. The van der Waals surface area contributed by atoms with E-state index in [0.717, 1.165) is 17.9 Å². The van der Waals surface area contributed by atoms with Crippen LogP contribution < -0.4 is 5.32 Å². The zero-order valence-electron chi connectivity index (χ0n) is 15.0. The van der Waals surface area contributed by atoms with Gasteiger partial charge in [0.05, 0.1) is 10.4 Å². The van der Waals surface area contributed by atoms with Crippen LogP contribution in [0, 0.1) is 0 Å². The number of rotatable bonds is 2. The number of amides is 3. The van der Waals surface area contributed by atoms with E-state index in [-0.39, 0.29) is 22.4 Å². The van der Waals surface area contributed by atoms with Gasteiger partial charge in [-0.1, -0.05) is 0 Å². The van der Waals surface area contributed by atoms with Crippen molar-refractivity contribution in [3.8, 4) is 0 Å². The van der Waals surface area contributed by atoms with Crippen molar-refractivity contribution in [2.24, 2.45) is 0 Å². The van der Waals surface area contributed by atoms with Crippen molar-refractivity contribution in [3.05, 3.63) is 35.4 Å². The Labute approximate surface area is 160 Å². The summed E-state index contributed by atoms with van der Waals surface area (Å²) >= 11 is 1.70. The third-order valence-corrected chi connectivity index (χ3v) is 6.59. The Bertz CT molecular complexity index is 701. The van der Waals surface area contributed by atoms with Crippen molar-refractivity contribution in [1.29, 1.82) is 0 Å². The van der Waals surface area contributed by atoms with E-state index in [9.17, 15) is 22.8 Å². The largest absolute Gasteiger partial charge is 0.416 e. The first-order valence-electron chi connectivity index (χ1n) is 8.93. The van der Waals surface area contributed by atoms with Gasteiger partial charge in [0.15, 0.2) is 0 Å². The molecule has 5 nitrogen and oxygen atoms in total. The van der Waals surface area contributed by atoms with E-state index in [0.29, 0.717) is 39.0 Å². The molecule has 3 amide bonds. The Morgan fingerprint density at radius 2 is 1.78 bits per heavy atom. The molecule has 1 aromatic carbocycles. The van der Waals surface area contributed by atoms with Gasteiger partial charge in [-0.3, -0.25) is 4.79 Å². The Kier molecular flexibility index (Phi) is 5.60. The molecule has 1 aromatic rings. The van der Waals surface area contributed by atoms with E-state index in [1.807, 2.05) is 6.92 Å². The highest BCUT2D eigenvalue weighted by Crippen LogP contribution is 2.44. The summed E-state index contributed by atoms with van der Waals surface area (Å²) in [4.78, 5) is 28.1. The number of piperidine rings is 1. The summed E-state index contributed by atoms with van der Waals surface area (Å²) in [5.41, 5.74) is -0.504. The van der Waals surface area contributed by atoms with E-state index in [1.165, 1.54) is 12.1 Å². The predicted molar refractivity (Wildman–Crippen MR) is 97.5 cm³/mol. The summed E-state index contributed by atoms with van der Waals surface area (Å²) in [5.74, 6) is 0.535. The van der Waals surface area contributed by atoms with Gasteiger partial charge < -0.3 is 15.1 Å². The summed E-state index contributed by atoms with van der Waals surface area (Å²) < 4.78 is 38.2. The number of carbonyl (C=O) groups is 2. The maximum atomic E-state index is 12.9. The standard InChI is InChI=1S/C18H22F3N3O2S/c1-2-22-16(26)23-9-7-17(8-10-23)24(11-12-27-17)15(25)13-3-5-14(6-4-13)18(19,20)21/h3-6H,2,7-12H2,1H3,(H,22,26). The van der Waals surface area contributed by atoms with Gasteiger partial charge in [0.25, 0.3) is 5.91 Å². The molecule has 0 bridgehead atoms. The number of likely N-dealkylation sites (tertiary alicyclic amines) is 1. The lowest BCUT2D eigenvalue weighted by molar-refractivity contribution is -0.137. The molecule has 1 N–H and O–H groups in total. The van der Waals surface area contributed by atoms with Gasteiger partial charge in [0.2, 0.25) is 0 Å². The molecule has 2 aliphatic rings. The molecule has 0 aliphatic carbocycles. The summed E-state index contributed by atoms with van der Waals surface area (Å²) in [6.45, 7) is 4.09. The minimum Gasteiger partial charge on any atom is -0.338 e. The van der Waals surface area contributed by atoms with E-state index in [4.69, 9.17) is 0 Å². The highest BCUT2D eigenvalue weighted by atomic mass is 32.2. The van der Waals surface area contributed by atoms with E-state index in [1.54, 1.807) is 21.6 Å². The molecule has 0 aromatic heterocycles. The zero-order chi connectivity index (χ0) is 19.7. The molecule has 0 unspecified atom stereocenters.